The van der Waals surface area contributed by atoms with Crippen LogP contribution in [0.25, 0.3) is 11.4 Å². The summed E-state index contributed by atoms with van der Waals surface area (Å²) in [6, 6.07) is 7.15. The van der Waals surface area contributed by atoms with Crippen LogP contribution in [-0.2, 0) is 15.9 Å². The molecule has 2 aromatic rings. The summed E-state index contributed by atoms with van der Waals surface area (Å²) in [7, 11) is 1.60. The van der Waals surface area contributed by atoms with E-state index in [-0.39, 0.29) is 5.82 Å². The van der Waals surface area contributed by atoms with Crippen LogP contribution in [0.2, 0.25) is 0 Å². The second-order valence-electron chi connectivity index (χ2n) is 6.37. The molecule has 116 valence electrons. The van der Waals surface area contributed by atoms with Crippen LogP contribution in [0.3, 0.4) is 0 Å². The van der Waals surface area contributed by atoms with Crippen molar-refractivity contribution >= 4 is 0 Å². The van der Waals surface area contributed by atoms with Crippen molar-refractivity contribution in [3.63, 3.8) is 0 Å². The van der Waals surface area contributed by atoms with E-state index in [0.29, 0.717) is 17.0 Å². The smallest absolute Gasteiger partial charge is 0.361 e. The van der Waals surface area contributed by atoms with Crippen molar-refractivity contribution in [3.8, 4) is 17.1 Å². The van der Waals surface area contributed by atoms with E-state index >= 15 is 0 Å². The first-order chi connectivity index (χ1) is 10.3. The maximum absolute atomic E-state index is 12.8. The molecular weight excluding hydrogens is 282 g/mol. The van der Waals surface area contributed by atoms with Crippen molar-refractivity contribution in [2.75, 3.05) is 7.11 Å². The first-order valence-electron chi connectivity index (χ1n) is 7.12. The van der Waals surface area contributed by atoms with Gasteiger partial charge in [-0.15, -0.1) is 0 Å². The highest BCUT2D eigenvalue weighted by molar-refractivity contribution is 5.53. The van der Waals surface area contributed by atoms with Crippen LogP contribution < -0.4 is 9.47 Å². The van der Waals surface area contributed by atoms with Gasteiger partial charge in [0, 0.05) is 0 Å². The quantitative estimate of drug-likeness (QED) is 0.628. The molecule has 1 aromatic carbocycles. The van der Waals surface area contributed by atoms with Gasteiger partial charge in [0.15, 0.2) is 11.4 Å². The zero-order chi connectivity index (χ0) is 16.1. The summed E-state index contributed by atoms with van der Waals surface area (Å²) in [5, 5.41) is 21.2. The predicted octanol–water partition coefficient (Wildman–Crippen LogP) is 2.29. The molecule has 2 heterocycles. The van der Waals surface area contributed by atoms with Gasteiger partial charge < -0.3 is 14.7 Å². The Morgan fingerprint density at radius 2 is 1.68 bits per heavy atom. The monoisotopic (exact) mass is 301 g/mol. The molecular formula is C16H19N3O3. The van der Waals surface area contributed by atoms with Gasteiger partial charge in [-0.2, -0.15) is 0 Å². The predicted molar refractivity (Wildman–Crippen MR) is 80.1 cm³/mol. The first-order valence-corrected chi connectivity index (χ1v) is 7.12. The molecule has 0 radical (unpaired) electrons. The summed E-state index contributed by atoms with van der Waals surface area (Å²) >= 11 is 0. The lowest BCUT2D eigenvalue weighted by Gasteiger charge is -2.23. The molecule has 0 amide bonds. The number of ether oxygens (including phenoxy) is 2. The molecule has 0 unspecified atom stereocenters. The van der Waals surface area contributed by atoms with Crippen molar-refractivity contribution in [2.45, 2.75) is 38.9 Å². The molecule has 22 heavy (non-hydrogen) atoms. The Bertz CT molecular complexity index is 724. The molecule has 0 saturated heterocycles. The molecule has 3 rings (SSSR count). The third-order valence-electron chi connectivity index (χ3n) is 3.86. The van der Waals surface area contributed by atoms with Crippen LogP contribution in [-0.4, -0.2) is 17.3 Å². The topological polar surface area (TPSA) is 71.2 Å². The Balaban J connectivity index is 2.17. The van der Waals surface area contributed by atoms with Crippen LogP contribution in [0.15, 0.2) is 24.3 Å². The minimum Gasteiger partial charge on any atom is -0.710 e. The maximum atomic E-state index is 12.8. The minimum absolute atomic E-state index is 0.260. The van der Waals surface area contributed by atoms with Crippen molar-refractivity contribution in [1.82, 2.24) is 10.2 Å². The number of nitrogens with zero attached hydrogens (tertiary/aromatic N) is 3. The number of fused-ring (bicyclic) bond motifs is 1. The van der Waals surface area contributed by atoms with E-state index in [2.05, 4.69) is 10.2 Å². The van der Waals surface area contributed by atoms with Crippen LogP contribution in [0.5, 0.6) is 5.75 Å². The van der Waals surface area contributed by atoms with E-state index in [0.717, 1.165) is 10.5 Å². The van der Waals surface area contributed by atoms with E-state index in [4.69, 9.17) is 9.47 Å². The lowest BCUT2D eigenvalue weighted by Crippen LogP contribution is -2.42. The third-order valence-corrected chi connectivity index (χ3v) is 3.86. The largest absolute Gasteiger partial charge is 0.710 e. The van der Waals surface area contributed by atoms with Crippen molar-refractivity contribution in [1.29, 1.82) is 0 Å². The minimum atomic E-state index is -0.711. The van der Waals surface area contributed by atoms with Crippen LogP contribution >= 0.6 is 0 Å². The van der Waals surface area contributed by atoms with Crippen molar-refractivity contribution in [2.24, 2.45) is 0 Å². The highest BCUT2D eigenvalue weighted by Crippen LogP contribution is 2.43. The molecule has 0 spiro atoms. The molecule has 0 aliphatic carbocycles. The van der Waals surface area contributed by atoms with E-state index in [1.165, 1.54) is 0 Å². The summed E-state index contributed by atoms with van der Waals surface area (Å²) in [5.41, 5.74) is 0.448. The Kier molecular flexibility index (Phi) is 3.11. The SMILES string of the molecule is COc1ccc(-c2nnc3c([n+]2[O-])C(C)(C)OC3(C)C)cc1. The fraction of sp³-hybridized carbons (Fsp3) is 0.438. The fourth-order valence-electron chi connectivity index (χ4n) is 2.97. The molecule has 1 aliphatic heterocycles. The highest BCUT2D eigenvalue weighted by atomic mass is 16.5. The van der Waals surface area contributed by atoms with Gasteiger partial charge in [0.1, 0.15) is 17.0 Å². The molecule has 0 N–H and O–H groups in total. The molecule has 0 bridgehead atoms. The van der Waals surface area contributed by atoms with E-state index in [9.17, 15) is 5.21 Å². The maximum Gasteiger partial charge on any atom is 0.361 e. The van der Waals surface area contributed by atoms with E-state index < -0.39 is 11.2 Å². The van der Waals surface area contributed by atoms with Crippen molar-refractivity contribution < 1.29 is 14.2 Å². The number of hydrogen-bond acceptors (Lipinski definition) is 5. The number of aromatic nitrogens is 3. The normalized spacial score (nSPS) is 18.0. The molecule has 1 aliphatic rings. The lowest BCUT2D eigenvalue weighted by atomic mass is 10.0. The van der Waals surface area contributed by atoms with Gasteiger partial charge in [0.05, 0.1) is 17.8 Å². The van der Waals surface area contributed by atoms with Gasteiger partial charge in [-0.05, 0) is 57.1 Å². The lowest BCUT2D eigenvalue weighted by molar-refractivity contribution is -0.612. The summed E-state index contributed by atoms with van der Waals surface area (Å²) in [5.74, 6) is 0.982. The van der Waals surface area contributed by atoms with E-state index in [1.807, 2.05) is 27.7 Å². The number of rotatable bonds is 2. The molecule has 0 saturated carbocycles. The molecule has 6 heteroatoms. The summed E-state index contributed by atoms with van der Waals surface area (Å²) < 4.78 is 11.9. The summed E-state index contributed by atoms with van der Waals surface area (Å²) in [6.07, 6.45) is 0. The molecule has 0 fully saturated rings. The standard InChI is InChI=1S/C16H19N3O3/c1-15(2)12-13(16(3,4)22-15)19(20)14(18-17-12)10-6-8-11(21-5)9-7-10/h6-9H,1-5H3. The zero-order valence-electron chi connectivity index (χ0n) is 13.4. The van der Waals surface area contributed by atoms with E-state index in [1.54, 1.807) is 31.4 Å². The van der Waals surface area contributed by atoms with Gasteiger partial charge in [-0.1, -0.05) is 0 Å². The van der Waals surface area contributed by atoms with Gasteiger partial charge in [0.2, 0.25) is 0 Å². The van der Waals surface area contributed by atoms with Gasteiger partial charge in [-0.3, -0.25) is 0 Å². The number of methoxy groups -OCH3 is 1. The second-order valence-corrected chi connectivity index (χ2v) is 6.37. The first kappa shape index (κ1) is 14.7. The highest BCUT2D eigenvalue weighted by Gasteiger charge is 2.50. The van der Waals surface area contributed by atoms with Crippen molar-refractivity contribution in [3.05, 3.63) is 40.9 Å². The average molecular weight is 301 g/mol. The molecule has 1 aromatic heterocycles. The van der Waals surface area contributed by atoms with Crippen LogP contribution in [0.1, 0.15) is 39.1 Å². The number of hydrogen-bond donors (Lipinski definition) is 0. The Morgan fingerprint density at radius 3 is 2.27 bits per heavy atom. The molecule has 6 nitrogen and oxygen atoms in total. The van der Waals surface area contributed by atoms with Crippen LogP contribution in [0, 0.1) is 5.21 Å². The molecule has 0 atom stereocenters. The Hall–Kier alpha value is -2.21. The third kappa shape index (κ3) is 2.11. The second kappa shape index (κ2) is 4.64. The van der Waals surface area contributed by atoms with Gasteiger partial charge >= 0.3 is 5.82 Å². The average Bonchev–Trinajstić information content (AvgIpc) is 2.65. The summed E-state index contributed by atoms with van der Waals surface area (Å²) in [4.78, 5) is 0. The van der Waals surface area contributed by atoms with Crippen LogP contribution in [0.4, 0.5) is 0 Å². The zero-order valence-corrected chi connectivity index (χ0v) is 13.4. The summed E-state index contributed by atoms with van der Waals surface area (Å²) in [6.45, 7) is 7.52. The Morgan fingerprint density at radius 1 is 1.05 bits per heavy atom. The van der Waals surface area contributed by atoms with Gasteiger partial charge in [-0.25, -0.2) is 4.73 Å². The number of benzene rings is 1. The fourth-order valence-corrected chi connectivity index (χ4v) is 2.97. The Labute approximate surface area is 129 Å². The van der Waals surface area contributed by atoms with Gasteiger partial charge in [0.25, 0.3) is 0 Å².